The van der Waals surface area contributed by atoms with Crippen LogP contribution in [0.4, 0.5) is 28.7 Å². The molecule has 0 fully saturated rings. The Bertz CT molecular complexity index is 1120. The van der Waals surface area contributed by atoms with Crippen molar-refractivity contribution in [1.29, 1.82) is 0 Å². The van der Waals surface area contributed by atoms with Gasteiger partial charge in [-0.05, 0) is 42.8 Å². The molecular formula is C23H25N5O5. The maximum absolute atomic E-state index is 12.2. The van der Waals surface area contributed by atoms with Gasteiger partial charge in [-0.25, -0.2) is 14.8 Å². The van der Waals surface area contributed by atoms with Crippen LogP contribution in [0.3, 0.4) is 0 Å². The van der Waals surface area contributed by atoms with Crippen LogP contribution in [0, 0.1) is 10.1 Å². The average Bonchev–Trinajstić information content (AvgIpc) is 2.84. The predicted molar refractivity (Wildman–Crippen MR) is 125 cm³/mol. The van der Waals surface area contributed by atoms with Gasteiger partial charge >= 0.3 is 11.7 Å². The molecule has 0 saturated carbocycles. The third-order valence-corrected chi connectivity index (χ3v) is 4.86. The monoisotopic (exact) mass is 451 g/mol. The standard InChI is InChI=1S/C23H25N5O5/c1-4-5-14-33-17-12-10-16(11-13-17)26-21-20(28(30)31)22(25-15-24-21)27(2)19-9-7-6-8-18(19)23(29)32-3/h6-13,15H,4-5,14H2,1-3H3,(H,24,25,26). The molecule has 0 aliphatic carbocycles. The molecule has 10 heteroatoms. The van der Waals surface area contributed by atoms with Gasteiger partial charge in [-0.15, -0.1) is 0 Å². The van der Waals surface area contributed by atoms with Crippen molar-refractivity contribution in [2.75, 3.05) is 31.0 Å². The largest absolute Gasteiger partial charge is 0.494 e. The highest BCUT2D eigenvalue weighted by Crippen LogP contribution is 2.37. The van der Waals surface area contributed by atoms with Crippen molar-refractivity contribution >= 4 is 34.7 Å². The van der Waals surface area contributed by atoms with Crippen molar-refractivity contribution in [1.82, 2.24) is 9.97 Å². The van der Waals surface area contributed by atoms with Crippen LogP contribution in [0.2, 0.25) is 0 Å². The Morgan fingerprint density at radius 3 is 2.55 bits per heavy atom. The van der Waals surface area contributed by atoms with Crippen molar-refractivity contribution in [3.8, 4) is 5.75 Å². The second kappa shape index (κ2) is 10.9. The Morgan fingerprint density at radius 2 is 1.88 bits per heavy atom. The highest BCUT2D eigenvalue weighted by atomic mass is 16.6. The Hall–Kier alpha value is -4.21. The molecule has 0 amide bonds. The summed E-state index contributed by atoms with van der Waals surface area (Å²) in [5.74, 6) is 0.195. The molecule has 1 heterocycles. The van der Waals surface area contributed by atoms with E-state index in [0.29, 0.717) is 23.7 Å². The molecular weight excluding hydrogens is 426 g/mol. The van der Waals surface area contributed by atoms with Crippen molar-refractivity contribution in [3.05, 3.63) is 70.5 Å². The number of unbranched alkanes of at least 4 members (excludes halogenated alkanes) is 1. The molecule has 172 valence electrons. The smallest absolute Gasteiger partial charge is 0.354 e. The number of esters is 1. The van der Waals surface area contributed by atoms with E-state index in [9.17, 15) is 14.9 Å². The van der Waals surface area contributed by atoms with Gasteiger partial charge in [0.2, 0.25) is 11.6 Å². The zero-order valence-electron chi connectivity index (χ0n) is 18.6. The number of hydrogen-bond donors (Lipinski definition) is 1. The average molecular weight is 451 g/mol. The van der Waals surface area contributed by atoms with Gasteiger partial charge < -0.3 is 19.7 Å². The van der Waals surface area contributed by atoms with Crippen LogP contribution in [0.25, 0.3) is 0 Å². The maximum atomic E-state index is 12.2. The fourth-order valence-electron chi connectivity index (χ4n) is 3.14. The molecule has 0 bridgehead atoms. The second-order valence-electron chi connectivity index (χ2n) is 7.07. The molecule has 0 aliphatic rings. The van der Waals surface area contributed by atoms with Crippen LogP contribution in [0.1, 0.15) is 30.1 Å². The number of hydrogen-bond acceptors (Lipinski definition) is 9. The van der Waals surface area contributed by atoms with Gasteiger partial charge in [0.05, 0.1) is 29.9 Å². The summed E-state index contributed by atoms with van der Waals surface area (Å²) in [5.41, 5.74) is 0.931. The SMILES string of the molecule is CCCCOc1ccc(Nc2ncnc(N(C)c3ccccc3C(=O)OC)c2[N+](=O)[O-])cc1. The number of benzene rings is 2. The van der Waals surface area contributed by atoms with E-state index >= 15 is 0 Å². The van der Waals surface area contributed by atoms with Crippen molar-refractivity contribution < 1.29 is 19.2 Å². The lowest BCUT2D eigenvalue weighted by atomic mass is 10.1. The summed E-state index contributed by atoms with van der Waals surface area (Å²) in [6.07, 6.45) is 3.23. The Balaban J connectivity index is 1.93. The fraction of sp³-hybridized carbons (Fsp3) is 0.261. The Morgan fingerprint density at radius 1 is 1.15 bits per heavy atom. The van der Waals surface area contributed by atoms with Gasteiger partial charge in [0.25, 0.3) is 0 Å². The maximum Gasteiger partial charge on any atom is 0.354 e. The molecule has 3 rings (SSSR count). The fourth-order valence-corrected chi connectivity index (χ4v) is 3.14. The lowest BCUT2D eigenvalue weighted by molar-refractivity contribution is -0.383. The first-order valence-electron chi connectivity index (χ1n) is 10.4. The first-order valence-corrected chi connectivity index (χ1v) is 10.4. The summed E-state index contributed by atoms with van der Waals surface area (Å²) in [5, 5.41) is 15.0. The van der Waals surface area contributed by atoms with E-state index in [2.05, 4.69) is 22.2 Å². The van der Waals surface area contributed by atoms with E-state index in [-0.39, 0.29) is 22.9 Å². The molecule has 0 radical (unpaired) electrons. The van der Waals surface area contributed by atoms with Gasteiger partial charge in [0.1, 0.15) is 12.1 Å². The number of anilines is 4. The number of nitrogens with zero attached hydrogens (tertiary/aromatic N) is 4. The molecule has 2 aromatic carbocycles. The van der Waals surface area contributed by atoms with Gasteiger partial charge in [0, 0.05) is 12.7 Å². The van der Waals surface area contributed by atoms with E-state index in [4.69, 9.17) is 9.47 Å². The van der Waals surface area contributed by atoms with Gasteiger partial charge in [-0.1, -0.05) is 25.5 Å². The summed E-state index contributed by atoms with van der Waals surface area (Å²) in [6.45, 7) is 2.72. The van der Waals surface area contributed by atoms with Crippen LogP contribution in [0.15, 0.2) is 54.9 Å². The minimum Gasteiger partial charge on any atom is -0.494 e. The molecule has 33 heavy (non-hydrogen) atoms. The molecule has 0 unspecified atom stereocenters. The number of carbonyl (C=O) groups excluding carboxylic acids is 1. The number of para-hydroxylation sites is 1. The van der Waals surface area contributed by atoms with Crippen molar-refractivity contribution in [2.24, 2.45) is 0 Å². The highest BCUT2D eigenvalue weighted by Gasteiger charge is 2.28. The molecule has 1 N–H and O–H groups in total. The van der Waals surface area contributed by atoms with E-state index < -0.39 is 10.9 Å². The molecule has 3 aromatic rings. The van der Waals surface area contributed by atoms with Gasteiger partial charge in [0.15, 0.2) is 0 Å². The van der Waals surface area contributed by atoms with E-state index in [1.54, 1.807) is 55.6 Å². The number of carbonyl (C=O) groups is 1. The van der Waals surface area contributed by atoms with Crippen LogP contribution in [0.5, 0.6) is 5.75 Å². The lowest BCUT2D eigenvalue weighted by Gasteiger charge is -2.21. The number of ether oxygens (including phenoxy) is 2. The Kier molecular flexibility index (Phi) is 7.74. The normalized spacial score (nSPS) is 10.4. The second-order valence-corrected chi connectivity index (χ2v) is 7.07. The summed E-state index contributed by atoms with van der Waals surface area (Å²) >= 11 is 0. The van der Waals surface area contributed by atoms with E-state index in [0.717, 1.165) is 12.8 Å². The molecule has 0 saturated heterocycles. The van der Waals surface area contributed by atoms with E-state index in [1.165, 1.54) is 18.3 Å². The molecule has 0 spiro atoms. The van der Waals surface area contributed by atoms with E-state index in [1.807, 2.05) is 0 Å². The van der Waals surface area contributed by atoms with Crippen LogP contribution < -0.4 is 15.0 Å². The Labute approximate surface area is 191 Å². The first kappa shape index (κ1) is 23.5. The highest BCUT2D eigenvalue weighted by molar-refractivity contribution is 5.97. The lowest BCUT2D eigenvalue weighted by Crippen LogP contribution is -2.18. The van der Waals surface area contributed by atoms with Crippen molar-refractivity contribution in [2.45, 2.75) is 19.8 Å². The molecule has 10 nitrogen and oxygen atoms in total. The molecule has 0 aliphatic heterocycles. The number of aromatic nitrogens is 2. The third-order valence-electron chi connectivity index (χ3n) is 4.86. The van der Waals surface area contributed by atoms with Crippen LogP contribution >= 0.6 is 0 Å². The van der Waals surface area contributed by atoms with Gasteiger partial charge in [-0.3, -0.25) is 10.1 Å². The van der Waals surface area contributed by atoms with Crippen molar-refractivity contribution in [3.63, 3.8) is 0 Å². The third kappa shape index (κ3) is 5.53. The molecule has 1 aromatic heterocycles. The van der Waals surface area contributed by atoms with Crippen LogP contribution in [-0.2, 0) is 4.74 Å². The topological polar surface area (TPSA) is 120 Å². The number of methoxy groups -OCH3 is 1. The summed E-state index contributed by atoms with van der Waals surface area (Å²) in [6, 6.07) is 13.7. The van der Waals surface area contributed by atoms with Gasteiger partial charge in [-0.2, -0.15) is 0 Å². The number of nitrogens with one attached hydrogen (secondary N) is 1. The predicted octanol–water partition coefficient (Wildman–Crippen LogP) is 4.86. The minimum atomic E-state index is -0.561. The first-order chi connectivity index (χ1) is 16.0. The minimum absolute atomic E-state index is 0.0204. The number of nitro groups is 1. The summed E-state index contributed by atoms with van der Waals surface area (Å²) < 4.78 is 10.5. The zero-order valence-corrected chi connectivity index (χ0v) is 18.6. The summed E-state index contributed by atoms with van der Waals surface area (Å²) in [7, 11) is 2.86. The summed E-state index contributed by atoms with van der Waals surface area (Å²) in [4.78, 5) is 33.3. The number of rotatable bonds is 10. The quantitative estimate of drug-likeness (QED) is 0.199. The van der Waals surface area contributed by atoms with Crippen LogP contribution in [-0.4, -0.2) is 41.6 Å². The molecule has 0 atom stereocenters. The zero-order chi connectivity index (χ0) is 23.8.